The minimum absolute atomic E-state index is 0.197. The van der Waals surface area contributed by atoms with Crippen LogP contribution in [0.4, 0.5) is 26.2 Å². The Morgan fingerprint density at radius 2 is 1.83 bits per heavy atom. The molecule has 1 amide bonds. The van der Waals surface area contributed by atoms with Crippen molar-refractivity contribution in [1.82, 2.24) is 9.97 Å². The van der Waals surface area contributed by atoms with E-state index in [9.17, 15) is 13.6 Å². The van der Waals surface area contributed by atoms with Crippen molar-refractivity contribution in [2.45, 2.75) is 25.7 Å². The quantitative estimate of drug-likeness (QED) is 0.806. The van der Waals surface area contributed by atoms with Gasteiger partial charge in [0, 0.05) is 37.7 Å². The van der Waals surface area contributed by atoms with Crippen molar-refractivity contribution >= 4 is 23.9 Å². The molecule has 0 unspecified atom stereocenters. The maximum absolute atomic E-state index is 13.3. The highest BCUT2D eigenvalue weighted by Gasteiger charge is 2.35. The molecule has 5 nitrogen and oxygen atoms in total. The summed E-state index contributed by atoms with van der Waals surface area (Å²) < 4.78 is 26.7. The number of alkyl halides is 2. The van der Waals surface area contributed by atoms with E-state index in [-0.39, 0.29) is 25.9 Å². The van der Waals surface area contributed by atoms with E-state index in [2.05, 4.69) is 9.97 Å². The van der Waals surface area contributed by atoms with E-state index in [1.807, 2.05) is 18.2 Å². The monoisotopic (exact) mass is 332 g/mol. The smallest absolute Gasteiger partial charge is 0.251 e. The molecule has 126 valence electrons. The molecule has 0 aliphatic carbocycles. The summed E-state index contributed by atoms with van der Waals surface area (Å²) in [5.41, 5.74) is 1.36. The van der Waals surface area contributed by atoms with Crippen LogP contribution in [0.25, 0.3) is 0 Å². The molecule has 0 atom stereocenters. The number of aryl methyl sites for hydroxylation is 1. The summed E-state index contributed by atoms with van der Waals surface area (Å²) in [4.78, 5) is 23.5. The fourth-order valence-corrected chi connectivity index (χ4v) is 2.67. The Bertz CT molecular complexity index is 714. The van der Waals surface area contributed by atoms with Gasteiger partial charge in [0.1, 0.15) is 5.82 Å². The number of hydrogen-bond donors (Lipinski definition) is 0. The Morgan fingerprint density at radius 3 is 2.46 bits per heavy atom. The number of nitrogens with zero attached hydrogens (tertiary/aromatic N) is 4. The molecule has 2 aromatic rings. The minimum Gasteiger partial charge on any atom is -0.340 e. The van der Waals surface area contributed by atoms with Crippen LogP contribution in [0.5, 0.6) is 0 Å². The van der Waals surface area contributed by atoms with Gasteiger partial charge in [-0.1, -0.05) is 18.2 Å². The molecule has 0 N–H and O–H groups in total. The second-order valence-electron chi connectivity index (χ2n) is 5.82. The van der Waals surface area contributed by atoms with Gasteiger partial charge >= 0.3 is 0 Å². The van der Waals surface area contributed by atoms with Crippen LogP contribution in [0.3, 0.4) is 0 Å². The first kappa shape index (κ1) is 16.3. The lowest BCUT2D eigenvalue weighted by molar-refractivity contribution is -0.106. The zero-order valence-electron chi connectivity index (χ0n) is 13.3. The molecule has 7 heteroatoms. The predicted molar refractivity (Wildman–Crippen MR) is 87.8 cm³/mol. The van der Waals surface area contributed by atoms with Crippen molar-refractivity contribution in [2.24, 2.45) is 0 Å². The molecule has 1 aromatic carbocycles. The van der Waals surface area contributed by atoms with Gasteiger partial charge in [-0.05, 0) is 19.1 Å². The molecular weight excluding hydrogens is 314 g/mol. The number of para-hydroxylation sites is 1. The molecule has 2 heterocycles. The summed E-state index contributed by atoms with van der Waals surface area (Å²) in [5, 5.41) is 0. The normalized spacial score (nSPS) is 16.7. The molecule has 1 aliphatic rings. The van der Waals surface area contributed by atoms with E-state index < -0.39 is 5.92 Å². The first-order chi connectivity index (χ1) is 11.5. The van der Waals surface area contributed by atoms with Gasteiger partial charge in [0.15, 0.2) is 0 Å². The van der Waals surface area contributed by atoms with Crippen molar-refractivity contribution in [3.63, 3.8) is 0 Å². The summed E-state index contributed by atoms with van der Waals surface area (Å²) in [5.74, 6) is -1.82. The van der Waals surface area contributed by atoms with Crippen molar-refractivity contribution in [3.8, 4) is 0 Å². The Hall–Kier alpha value is -2.57. The molecule has 3 rings (SSSR count). The number of carbonyl (C=O) groups excluding carboxylic acids is 1. The molecule has 1 fully saturated rings. The van der Waals surface area contributed by atoms with Gasteiger partial charge in [-0.3, -0.25) is 9.69 Å². The predicted octanol–water partition coefficient (Wildman–Crippen LogP) is 3.32. The molecule has 0 radical (unpaired) electrons. The fourth-order valence-electron chi connectivity index (χ4n) is 2.67. The average molecular weight is 332 g/mol. The van der Waals surface area contributed by atoms with Crippen LogP contribution >= 0.6 is 0 Å². The maximum Gasteiger partial charge on any atom is 0.251 e. The Labute approximate surface area is 138 Å². The molecule has 0 spiro atoms. The van der Waals surface area contributed by atoms with E-state index in [1.54, 1.807) is 30.0 Å². The summed E-state index contributed by atoms with van der Waals surface area (Å²) >= 11 is 0. The second kappa shape index (κ2) is 6.51. The summed E-state index contributed by atoms with van der Waals surface area (Å²) in [6.45, 7) is 2.19. The van der Waals surface area contributed by atoms with E-state index in [0.29, 0.717) is 29.6 Å². The number of hydrogen-bond acceptors (Lipinski definition) is 4. The number of aromatic nitrogens is 2. The lowest BCUT2D eigenvalue weighted by atomic mass is 10.1. The van der Waals surface area contributed by atoms with Crippen molar-refractivity contribution in [3.05, 3.63) is 42.1 Å². The fraction of sp³-hybridized carbons (Fsp3) is 0.353. The van der Waals surface area contributed by atoms with Crippen LogP contribution in [0.15, 0.2) is 36.4 Å². The number of rotatable bonds is 4. The van der Waals surface area contributed by atoms with E-state index in [0.717, 1.165) is 0 Å². The van der Waals surface area contributed by atoms with Crippen molar-refractivity contribution in [1.29, 1.82) is 0 Å². The third-order valence-electron chi connectivity index (χ3n) is 3.99. The first-order valence-electron chi connectivity index (χ1n) is 7.76. The van der Waals surface area contributed by atoms with Crippen molar-refractivity contribution < 1.29 is 13.6 Å². The van der Waals surface area contributed by atoms with Crippen LogP contribution < -0.4 is 9.80 Å². The highest BCUT2D eigenvalue weighted by atomic mass is 19.3. The van der Waals surface area contributed by atoms with Gasteiger partial charge in [-0.2, -0.15) is 4.98 Å². The van der Waals surface area contributed by atoms with Crippen molar-refractivity contribution in [2.75, 3.05) is 22.9 Å². The topological polar surface area (TPSA) is 49.3 Å². The van der Waals surface area contributed by atoms with E-state index >= 15 is 0 Å². The molecule has 1 aliphatic heterocycles. The standard InChI is InChI=1S/C17H18F2N4O/c1-13-11-15(23(12-24)14-5-3-2-4-6-14)21-16(20-13)22-9-7-17(18,19)8-10-22/h2-6,11-12H,7-10H2,1H3. The van der Waals surface area contributed by atoms with Crippen LogP contribution in [-0.4, -0.2) is 35.4 Å². The lowest BCUT2D eigenvalue weighted by Gasteiger charge is -2.32. The number of carbonyl (C=O) groups is 1. The molecule has 24 heavy (non-hydrogen) atoms. The Kier molecular flexibility index (Phi) is 4.42. The second-order valence-corrected chi connectivity index (χ2v) is 5.82. The van der Waals surface area contributed by atoms with Crippen LogP contribution in [-0.2, 0) is 4.79 Å². The summed E-state index contributed by atoms with van der Waals surface area (Å²) in [6.07, 6.45) is 0.261. The Morgan fingerprint density at radius 1 is 1.17 bits per heavy atom. The maximum atomic E-state index is 13.3. The van der Waals surface area contributed by atoms with Crippen LogP contribution in [0, 0.1) is 6.92 Å². The van der Waals surface area contributed by atoms with E-state index in [4.69, 9.17) is 0 Å². The number of halogens is 2. The molecule has 1 saturated heterocycles. The average Bonchev–Trinajstić information content (AvgIpc) is 2.56. The molecule has 0 bridgehead atoms. The largest absolute Gasteiger partial charge is 0.340 e. The van der Waals surface area contributed by atoms with Gasteiger partial charge in [-0.15, -0.1) is 0 Å². The van der Waals surface area contributed by atoms with Crippen LogP contribution in [0.2, 0.25) is 0 Å². The third kappa shape index (κ3) is 3.50. The van der Waals surface area contributed by atoms with Crippen LogP contribution in [0.1, 0.15) is 18.5 Å². The third-order valence-corrected chi connectivity index (χ3v) is 3.99. The first-order valence-corrected chi connectivity index (χ1v) is 7.76. The Balaban J connectivity index is 1.90. The lowest BCUT2D eigenvalue weighted by Crippen LogP contribution is -2.40. The highest BCUT2D eigenvalue weighted by Crippen LogP contribution is 2.30. The summed E-state index contributed by atoms with van der Waals surface area (Å²) in [6, 6.07) is 10.8. The number of piperidine rings is 1. The van der Waals surface area contributed by atoms with Gasteiger partial charge in [0.05, 0.1) is 5.69 Å². The number of amides is 1. The molecule has 1 aromatic heterocycles. The molecule has 0 saturated carbocycles. The minimum atomic E-state index is -2.62. The van der Waals surface area contributed by atoms with Gasteiger partial charge < -0.3 is 4.90 Å². The van der Waals surface area contributed by atoms with E-state index in [1.165, 1.54) is 4.90 Å². The summed E-state index contributed by atoms with van der Waals surface area (Å²) in [7, 11) is 0. The van der Waals surface area contributed by atoms with Gasteiger partial charge in [0.25, 0.3) is 5.92 Å². The highest BCUT2D eigenvalue weighted by molar-refractivity contribution is 5.85. The zero-order valence-corrected chi connectivity index (χ0v) is 13.3. The number of anilines is 3. The molecular formula is C17H18F2N4O. The zero-order chi connectivity index (χ0) is 17.2. The van der Waals surface area contributed by atoms with Gasteiger partial charge in [0.2, 0.25) is 12.4 Å². The SMILES string of the molecule is Cc1cc(N(C=O)c2ccccc2)nc(N2CCC(F)(F)CC2)n1. The number of benzene rings is 1. The van der Waals surface area contributed by atoms with Gasteiger partial charge in [-0.25, -0.2) is 13.8 Å².